The maximum absolute atomic E-state index is 12.1. The fourth-order valence-electron chi connectivity index (χ4n) is 2.94. The quantitative estimate of drug-likeness (QED) is 0.717. The Morgan fingerprint density at radius 1 is 1.37 bits per heavy atom. The summed E-state index contributed by atoms with van der Waals surface area (Å²) in [6, 6.07) is 7.78. The lowest BCUT2D eigenvalue weighted by Crippen LogP contribution is -2.35. The second-order valence-electron chi connectivity index (χ2n) is 6.60. The summed E-state index contributed by atoms with van der Waals surface area (Å²) >= 11 is 0. The van der Waals surface area contributed by atoms with Crippen LogP contribution >= 0.6 is 0 Å². The Hall–Kier alpha value is -3.30. The van der Waals surface area contributed by atoms with Gasteiger partial charge in [0.05, 0.1) is 18.3 Å². The maximum Gasteiger partial charge on any atom is 0.573 e. The molecule has 1 aliphatic rings. The highest BCUT2D eigenvalue weighted by Gasteiger charge is 2.31. The molecule has 1 unspecified atom stereocenters. The third kappa shape index (κ3) is 6.36. The summed E-state index contributed by atoms with van der Waals surface area (Å²) in [5.74, 6) is 0.613. The second kappa shape index (κ2) is 9.95. The fraction of sp³-hybridized carbons (Fsp3) is 0.350. The number of nitrogens with zero attached hydrogens (tertiary/aromatic N) is 2. The molecule has 2 aromatic rings. The number of benzene rings is 1. The van der Waals surface area contributed by atoms with Crippen molar-refractivity contribution in [2.24, 2.45) is 0 Å². The number of amides is 2. The third-order valence-corrected chi connectivity index (χ3v) is 4.31. The van der Waals surface area contributed by atoms with Crippen molar-refractivity contribution in [1.82, 2.24) is 10.3 Å². The fourth-order valence-corrected chi connectivity index (χ4v) is 2.94. The van der Waals surface area contributed by atoms with Gasteiger partial charge >= 0.3 is 6.36 Å². The summed E-state index contributed by atoms with van der Waals surface area (Å²) in [6.07, 6.45) is -1.76. The van der Waals surface area contributed by atoms with Crippen LogP contribution in [0.4, 0.5) is 24.7 Å². The molecule has 1 aromatic heterocycles. The summed E-state index contributed by atoms with van der Waals surface area (Å²) < 4.78 is 40.1. The van der Waals surface area contributed by atoms with Crippen LogP contribution in [0.2, 0.25) is 0 Å². The van der Waals surface area contributed by atoms with E-state index in [-0.39, 0.29) is 17.7 Å². The number of carbonyl (C=O) groups is 2. The minimum atomic E-state index is -4.70. The second-order valence-corrected chi connectivity index (χ2v) is 6.60. The SMILES string of the molecule is CCC(NC=O)c1ccc(OC(F)(F)F)c(C)c1.CN1CC(=O)Nc2cccnc21. The zero-order chi connectivity index (χ0) is 22.3. The largest absolute Gasteiger partial charge is 0.573 e. The van der Waals surface area contributed by atoms with Crippen LogP contribution in [0.1, 0.15) is 30.5 Å². The first-order valence-corrected chi connectivity index (χ1v) is 9.16. The number of fused-ring (bicyclic) bond motifs is 1. The molecule has 0 spiro atoms. The van der Waals surface area contributed by atoms with E-state index in [2.05, 4.69) is 20.4 Å². The first-order chi connectivity index (χ1) is 14.1. The number of hydrogen-bond donors (Lipinski definition) is 2. The van der Waals surface area contributed by atoms with Crippen molar-refractivity contribution >= 4 is 23.8 Å². The summed E-state index contributed by atoms with van der Waals surface area (Å²) in [5.41, 5.74) is 1.91. The van der Waals surface area contributed by atoms with Crippen LogP contribution in [-0.4, -0.2) is 37.3 Å². The first-order valence-electron chi connectivity index (χ1n) is 9.16. The van der Waals surface area contributed by atoms with Gasteiger partial charge in [0.15, 0.2) is 5.82 Å². The minimum absolute atomic E-state index is 0.0120. The van der Waals surface area contributed by atoms with Gasteiger partial charge in [0.25, 0.3) is 0 Å². The number of aromatic nitrogens is 1. The Morgan fingerprint density at radius 3 is 2.70 bits per heavy atom. The Kier molecular flexibility index (Phi) is 7.62. The van der Waals surface area contributed by atoms with Gasteiger partial charge in [-0.15, -0.1) is 13.2 Å². The van der Waals surface area contributed by atoms with Crippen molar-refractivity contribution in [2.75, 3.05) is 23.8 Å². The van der Waals surface area contributed by atoms with Crippen molar-refractivity contribution in [2.45, 2.75) is 32.7 Å². The summed E-state index contributed by atoms with van der Waals surface area (Å²) in [4.78, 5) is 27.4. The van der Waals surface area contributed by atoms with Gasteiger partial charge in [-0.25, -0.2) is 4.98 Å². The molecule has 0 radical (unpaired) electrons. The number of likely N-dealkylation sites (N-methyl/N-ethyl adjacent to an activating group) is 1. The lowest BCUT2D eigenvalue weighted by molar-refractivity contribution is -0.274. The van der Waals surface area contributed by atoms with Crippen LogP contribution in [0.5, 0.6) is 5.75 Å². The maximum atomic E-state index is 12.1. The number of alkyl halides is 3. The smallest absolute Gasteiger partial charge is 0.406 e. The predicted molar refractivity (Wildman–Crippen MR) is 106 cm³/mol. The number of aryl methyl sites for hydroxylation is 1. The molecule has 10 heteroatoms. The van der Waals surface area contributed by atoms with Crippen molar-refractivity contribution in [3.8, 4) is 5.75 Å². The van der Waals surface area contributed by atoms with Gasteiger partial charge in [0.1, 0.15) is 5.75 Å². The highest BCUT2D eigenvalue weighted by Crippen LogP contribution is 2.29. The average molecular weight is 424 g/mol. The molecule has 0 aliphatic carbocycles. The number of hydrogen-bond acceptors (Lipinski definition) is 5. The molecule has 1 atom stereocenters. The van der Waals surface area contributed by atoms with Crippen molar-refractivity contribution < 1.29 is 27.5 Å². The van der Waals surface area contributed by atoms with E-state index in [0.717, 1.165) is 17.1 Å². The molecule has 2 heterocycles. The summed E-state index contributed by atoms with van der Waals surface area (Å²) in [5, 5.41) is 5.35. The first kappa shape index (κ1) is 23.0. The van der Waals surface area contributed by atoms with Crippen LogP contribution in [0.15, 0.2) is 36.5 Å². The van der Waals surface area contributed by atoms with Gasteiger partial charge in [-0.1, -0.05) is 19.1 Å². The van der Waals surface area contributed by atoms with Crippen molar-refractivity contribution in [1.29, 1.82) is 0 Å². The number of pyridine rings is 1. The average Bonchev–Trinajstić information content (AvgIpc) is 2.67. The Balaban J connectivity index is 0.000000230. The molecular formula is C20H23F3N4O3. The van der Waals surface area contributed by atoms with E-state index in [0.29, 0.717) is 24.9 Å². The van der Waals surface area contributed by atoms with E-state index in [1.165, 1.54) is 19.1 Å². The number of carbonyl (C=O) groups excluding carboxylic acids is 2. The lowest BCUT2D eigenvalue weighted by Gasteiger charge is -2.25. The number of ether oxygens (including phenoxy) is 1. The zero-order valence-corrected chi connectivity index (χ0v) is 16.8. The van der Waals surface area contributed by atoms with Gasteiger partial charge in [0.2, 0.25) is 12.3 Å². The predicted octanol–water partition coefficient (Wildman–Crippen LogP) is 3.56. The van der Waals surface area contributed by atoms with Gasteiger partial charge < -0.3 is 20.3 Å². The van der Waals surface area contributed by atoms with Crippen LogP contribution in [-0.2, 0) is 9.59 Å². The summed E-state index contributed by atoms with van der Waals surface area (Å²) in [7, 11) is 1.85. The van der Waals surface area contributed by atoms with Gasteiger partial charge in [-0.2, -0.15) is 0 Å². The Morgan fingerprint density at radius 2 is 2.10 bits per heavy atom. The molecule has 0 saturated heterocycles. The van der Waals surface area contributed by atoms with Crippen LogP contribution < -0.4 is 20.3 Å². The molecule has 7 nitrogen and oxygen atoms in total. The van der Waals surface area contributed by atoms with Gasteiger partial charge in [-0.3, -0.25) is 9.59 Å². The number of nitrogens with one attached hydrogen (secondary N) is 2. The molecule has 30 heavy (non-hydrogen) atoms. The van der Waals surface area contributed by atoms with E-state index in [4.69, 9.17) is 0 Å². The molecule has 0 fully saturated rings. The molecule has 162 valence electrons. The van der Waals surface area contributed by atoms with Crippen LogP contribution in [0.3, 0.4) is 0 Å². The minimum Gasteiger partial charge on any atom is -0.406 e. The van der Waals surface area contributed by atoms with Gasteiger partial charge in [0, 0.05) is 13.2 Å². The third-order valence-electron chi connectivity index (χ3n) is 4.31. The molecule has 2 N–H and O–H groups in total. The standard InChI is InChI=1S/C12H14F3NO2.C8H9N3O/c1-3-10(16-7-17)9-4-5-11(8(2)6-9)18-12(13,14)15;1-11-5-7(12)10-6-3-2-4-9-8(6)11/h4-7,10H,3H2,1-2H3,(H,16,17);2-4H,5H2,1H3,(H,10,12). The highest BCUT2D eigenvalue weighted by molar-refractivity contribution is 5.99. The van der Waals surface area contributed by atoms with E-state index in [9.17, 15) is 22.8 Å². The van der Waals surface area contributed by atoms with E-state index in [1.807, 2.05) is 24.9 Å². The molecule has 1 aliphatic heterocycles. The zero-order valence-electron chi connectivity index (χ0n) is 16.8. The molecule has 1 aromatic carbocycles. The topological polar surface area (TPSA) is 83.6 Å². The van der Waals surface area contributed by atoms with Crippen molar-refractivity contribution in [3.63, 3.8) is 0 Å². The monoisotopic (exact) mass is 424 g/mol. The van der Waals surface area contributed by atoms with Gasteiger partial charge in [-0.05, 0) is 42.7 Å². The number of rotatable bonds is 5. The van der Waals surface area contributed by atoms with E-state index in [1.54, 1.807) is 18.3 Å². The highest BCUT2D eigenvalue weighted by atomic mass is 19.4. The van der Waals surface area contributed by atoms with E-state index >= 15 is 0 Å². The Bertz CT molecular complexity index is 890. The van der Waals surface area contributed by atoms with Crippen LogP contribution in [0.25, 0.3) is 0 Å². The van der Waals surface area contributed by atoms with E-state index < -0.39 is 6.36 Å². The molecule has 0 bridgehead atoms. The molecule has 0 saturated carbocycles. The lowest BCUT2D eigenvalue weighted by atomic mass is 10.0. The molecular weight excluding hydrogens is 401 g/mol. The number of halogens is 3. The molecule has 3 rings (SSSR count). The van der Waals surface area contributed by atoms with Crippen molar-refractivity contribution in [3.05, 3.63) is 47.7 Å². The molecule has 2 amide bonds. The Labute approximate surface area is 172 Å². The number of anilines is 2. The normalized spacial score (nSPS) is 13.9. The summed E-state index contributed by atoms with van der Waals surface area (Å²) in [6.45, 7) is 3.78. The van der Waals surface area contributed by atoms with Crippen LogP contribution in [0, 0.1) is 6.92 Å².